The Hall–Kier alpha value is 0.267. The second-order valence-corrected chi connectivity index (χ2v) is 9.81. The molecule has 0 radical (unpaired) electrons. The van der Waals surface area contributed by atoms with Crippen LogP contribution in [-0.2, 0) is 4.52 Å². The summed E-state index contributed by atoms with van der Waals surface area (Å²) in [5.41, 5.74) is 0. The van der Waals surface area contributed by atoms with Crippen molar-refractivity contribution in [2.24, 2.45) is 4.41 Å². The molecule has 0 unspecified atom stereocenters. The number of halogens is 2. The van der Waals surface area contributed by atoms with Gasteiger partial charge in [0.15, 0.2) is 8.24 Å². The van der Waals surface area contributed by atoms with Crippen molar-refractivity contribution < 1.29 is 12.9 Å². The Morgan fingerprint density at radius 2 is 1.83 bits per heavy atom. The van der Waals surface area contributed by atoms with Crippen molar-refractivity contribution in [3.63, 3.8) is 0 Å². The van der Waals surface area contributed by atoms with Crippen molar-refractivity contribution >= 4 is 16.1 Å². The molecule has 0 saturated carbocycles. The largest absolute Gasteiger partial charge is 0.423 e. The summed E-state index contributed by atoms with van der Waals surface area (Å²) < 4.78 is 33.6. The molecule has 2 nitrogen and oxygen atoms in total. The number of hydrogen-bond donors (Lipinski definition) is 0. The van der Waals surface area contributed by atoms with Crippen molar-refractivity contribution in [2.75, 3.05) is 6.61 Å². The highest BCUT2D eigenvalue weighted by atomic mass is 31.2. The first-order valence-electron chi connectivity index (χ1n) is 3.94. The van der Waals surface area contributed by atoms with Crippen LogP contribution in [0.2, 0.25) is 19.6 Å². The predicted molar refractivity (Wildman–Crippen MR) is 51.2 cm³/mol. The molecule has 0 fully saturated rings. The van der Waals surface area contributed by atoms with E-state index in [-0.39, 0.29) is 6.61 Å². The summed E-state index contributed by atoms with van der Waals surface area (Å²) in [5, 5.41) is 0. The third-order valence-corrected chi connectivity index (χ3v) is 4.69. The Morgan fingerprint density at radius 1 is 1.33 bits per heavy atom. The van der Waals surface area contributed by atoms with Gasteiger partial charge in [0.2, 0.25) is 0 Å². The third kappa shape index (κ3) is 6.95. The van der Waals surface area contributed by atoms with E-state index in [4.69, 9.17) is 0 Å². The van der Waals surface area contributed by atoms with Crippen molar-refractivity contribution in [2.45, 2.75) is 33.0 Å². The first-order chi connectivity index (χ1) is 5.27. The summed E-state index contributed by atoms with van der Waals surface area (Å²) in [4.78, 5) is 0. The van der Waals surface area contributed by atoms with E-state index in [0.717, 1.165) is 0 Å². The van der Waals surface area contributed by atoms with Crippen LogP contribution in [0.3, 0.4) is 0 Å². The molecular weight excluding hydrogens is 199 g/mol. The van der Waals surface area contributed by atoms with Crippen molar-refractivity contribution in [1.82, 2.24) is 0 Å². The Bertz CT molecular complexity index is 186. The SMILES string of the molecule is CCCOP(F)(F)=N[Si](C)(C)C. The molecule has 6 heteroatoms. The summed E-state index contributed by atoms with van der Waals surface area (Å²) in [7, 11) is -6.44. The fourth-order valence-corrected chi connectivity index (χ4v) is 4.01. The molecule has 0 atom stereocenters. The second kappa shape index (κ2) is 4.49. The summed E-state index contributed by atoms with van der Waals surface area (Å²) >= 11 is 0. The van der Waals surface area contributed by atoms with E-state index in [0.29, 0.717) is 6.42 Å². The lowest BCUT2D eigenvalue weighted by Crippen LogP contribution is -2.15. The smallest absolute Gasteiger partial charge is 0.297 e. The van der Waals surface area contributed by atoms with E-state index >= 15 is 0 Å². The van der Waals surface area contributed by atoms with Crippen LogP contribution in [0.15, 0.2) is 4.41 Å². The molecule has 0 aromatic heterocycles. The van der Waals surface area contributed by atoms with Crippen LogP contribution in [0.1, 0.15) is 13.3 Å². The first-order valence-corrected chi connectivity index (χ1v) is 8.83. The van der Waals surface area contributed by atoms with E-state index in [1.54, 1.807) is 26.6 Å². The molecule has 0 saturated heterocycles. The van der Waals surface area contributed by atoms with E-state index in [9.17, 15) is 8.39 Å². The molecule has 0 bridgehead atoms. The first kappa shape index (κ1) is 12.3. The molecule has 0 spiro atoms. The van der Waals surface area contributed by atoms with Crippen LogP contribution < -0.4 is 0 Å². The van der Waals surface area contributed by atoms with Gasteiger partial charge >= 0.3 is 7.90 Å². The van der Waals surface area contributed by atoms with Crippen molar-refractivity contribution in [3.05, 3.63) is 0 Å². The molecule has 0 aliphatic rings. The van der Waals surface area contributed by atoms with E-state index in [2.05, 4.69) is 8.93 Å². The highest BCUT2D eigenvalue weighted by Gasteiger charge is 2.24. The monoisotopic (exact) mass is 215 g/mol. The maximum absolute atomic E-state index is 12.9. The maximum Gasteiger partial charge on any atom is 0.423 e. The van der Waals surface area contributed by atoms with Gasteiger partial charge in [0.05, 0.1) is 6.61 Å². The summed E-state index contributed by atoms with van der Waals surface area (Å²) in [5.74, 6) is 0. The predicted octanol–water partition coefficient (Wildman–Crippen LogP) is 4.13. The molecule has 0 aromatic rings. The summed E-state index contributed by atoms with van der Waals surface area (Å²) in [6.07, 6.45) is 0.608. The van der Waals surface area contributed by atoms with Gasteiger partial charge in [0.25, 0.3) is 0 Å². The van der Waals surface area contributed by atoms with Gasteiger partial charge in [0, 0.05) is 0 Å². The quantitative estimate of drug-likeness (QED) is 0.510. The fraction of sp³-hybridized carbons (Fsp3) is 1.00. The molecule has 0 aliphatic heterocycles. The Balaban J connectivity index is 4.28. The highest BCUT2D eigenvalue weighted by Crippen LogP contribution is 2.55. The van der Waals surface area contributed by atoms with Crippen LogP contribution in [0.25, 0.3) is 0 Å². The average Bonchev–Trinajstić information content (AvgIpc) is 1.78. The minimum Gasteiger partial charge on any atom is -0.297 e. The Morgan fingerprint density at radius 3 is 2.17 bits per heavy atom. The summed E-state index contributed by atoms with van der Waals surface area (Å²) in [6.45, 7) is 7.23. The van der Waals surface area contributed by atoms with Gasteiger partial charge in [-0.1, -0.05) is 6.92 Å². The molecular formula is C6H16F2NOPSi. The minimum absolute atomic E-state index is 0.106. The maximum atomic E-state index is 12.9. The average molecular weight is 215 g/mol. The molecule has 0 amide bonds. The van der Waals surface area contributed by atoms with Gasteiger partial charge in [-0.25, -0.2) is 0 Å². The summed E-state index contributed by atoms with van der Waals surface area (Å²) in [6, 6.07) is 0. The number of nitrogens with zero attached hydrogens (tertiary/aromatic N) is 1. The van der Waals surface area contributed by atoms with Gasteiger partial charge in [-0.2, -0.15) is 0 Å². The minimum atomic E-state index is -4.39. The van der Waals surface area contributed by atoms with Gasteiger partial charge < -0.3 is 0 Å². The topological polar surface area (TPSA) is 21.6 Å². The van der Waals surface area contributed by atoms with Gasteiger partial charge in [-0.15, -0.1) is 8.39 Å². The molecule has 0 aromatic carbocycles. The zero-order chi connectivity index (χ0) is 9.83. The molecule has 74 valence electrons. The lowest BCUT2D eigenvalue weighted by Gasteiger charge is -2.13. The molecule has 0 rings (SSSR count). The van der Waals surface area contributed by atoms with Crippen molar-refractivity contribution in [1.29, 1.82) is 0 Å². The van der Waals surface area contributed by atoms with Gasteiger partial charge in [0.1, 0.15) is 0 Å². The second-order valence-electron chi connectivity index (χ2n) is 3.54. The van der Waals surface area contributed by atoms with Crippen LogP contribution in [0, 0.1) is 0 Å². The van der Waals surface area contributed by atoms with E-state index in [1.165, 1.54) is 0 Å². The zero-order valence-electron chi connectivity index (χ0n) is 7.97. The van der Waals surface area contributed by atoms with Gasteiger partial charge in [-0.3, -0.25) is 8.93 Å². The van der Waals surface area contributed by atoms with Gasteiger partial charge in [-0.05, 0) is 26.1 Å². The molecule has 0 aliphatic carbocycles. The van der Waals surface area contributed by atoms with Crippen LogP contribution in [0.4, 0.5) is 8.39 Å². The van der Waals surface area contributed by atoms with E-state index in [1.807, 2.05) is 0 Å². The number of hydrogen-bond acceptors (Lipinski definition) is 2. The van der Waals surface area contributed by atoms with E-state index < -0.39 is 16.1 Å². The molecule has 0 heterocycles. The Kier molecular flexibility index (Phi) is 4.59. The van der Waals surface area contributed by atoms with Crippen LogP contribution in [-0.4, -0.2) is 14.8 Å². The number of rotatable bonds is 4. The lowest BCUT2D eigenvalue weighted by molar-refractivity contribution is 0.299. The fourth-order valence-electron chi connectivity index (χ4n) is 0.579. The standard InChI is InChI=1S/C6H16F2NOPSi/c1-5-6-10-11(7,8)9-12(2,3)4/h5-6H2,1-4H3. The molecule has 0 N–H and O–H groups in total. The highest BCUT2D eigenvalue weighted by molar-refractivity contribution is 7.51. The van der Waals surface area contributed by atoms with Crippen LogP contribution in [0.5, 0.6) is 0 Å². The third-order valence-electron chi connectivity index (χ3n) is 0.867. The Labute approximate surface area is 73.8 Å². The van der Waals surface area contributed by atoms with Crippen molar-refractivity contribution in [3.8, 4) is 0 Å². The zero-order valence-corrected chi connectivity index (χ0v) is 9.87. The lowest BCUT2D eigenvalue weighted by atomic mass is 10.5. The molecule has 12 heavy (non-hydrogen) atoms. The normalized spacial score (nSPS) is 13.2. The van der Waals surface area contributed by atoms with Crippen LogP contribution >= 0.6 is 7.90 Å².